The summed E-state index contributed by atoms with van der Waals surface area (Å²) >= 11 is 0. The van der Waals surface area contributed by atoms with Crippen molar-refractivity contribution in [2.75, 3.05) is 62.8 Å². The summed E-state index contributed by atoms with van der Waals surface area (Å²) in [7, 11) is 2.12. The van der Waals surface area contributed by atoms with E-state index in [2.05, 4.69) is 31.8 Å². The van der Waals surface area contributed by atoms with Crippen LogP contribution in [0.1, 0.15) is 18.4 Å². The fourth-order valence-electron chi connectivity index (χ4n) is 4.62. The molecule has 2 aliphatic rings. The average molecular weight is 497 g/mol. The van der Waals surface area contributed by atoms with Gasteiger partial charge in [-0.3, -0.25) is 4.98 Å². The Morgan fingerprint density at radius 3 is 2.56 bits per heavy atom. The number of pyridine rings is 1. The lowest BCUT2D eigenvalue weighted by atomic mass is 10.1. The monoisotopic (exact) mass is 496 g/mol. The van der Waals surface area contributed by atoms with E-state index in [1.807, 2.05) is 30.2 Å². The predicted molar refractivity (Wildman–Crippen MR) is 134 cm³/mol. The summed E-state index contributed by atoms with van der Waals surface area (Å²) in [6, 6.07) is 6.61. The molecule has 0 bridgehead atoms. The molecule has 1 fully saturated rings. The van der Waals surface area contributed by atoms with Gasteiger partial charge in [-0.05, 0) is 38.2 Å². The number of aromatic nitrogens is 3. The van der Waals surface area contributed by atoms with E-state index in [4.69, 9.17) is 4.74 Å². The molecule has 1 saturated heterocycles. The summed E-state index contributed by atoms with van der Waals surface area (Å²) in [6.07, 6.45) is 3.28. The number of hydrogen-bond acceptors (Lipinski definition) is 8. The lowest BCUT2D eigenvalue weighted by Crippen LogP contribution is -2.44. The Kier molecular flexibility index (Phi) is 6.97. The minimum Gasteiger partial charge on any atom is -0.486 e. The minimum absolute atomic E-state index is 0.0120. The van der Waals surface area contributed by atoms with Crippen molar-refractivity contribution in [2.24, 2.45) is 0 Å². The highest BCUT2D eigenvalue weighted by atomic mass is 19.1. The van der Waals surface area contributed by atoms with Crippen LogP contribution in [0.2, 0.25) is 0 Å². The summed E-state index contributed by atoms with van der Waals surface area (Å²) in [5, 5.41) is 9.62. The summed E-state index contributed by atoms with van der Waals surface area (Å²) in [5.74, 6) is -0.751. The van der Waals surface area contributed by atoms with E-state index in [0.717, 1.165) is 43.8 Å². The molecule has 0 saturated carbocycles. The number of piperazine rings is 1. The summed E-state index contributed by atoms with van der Waals surface area (Å²) in [6.45, 7) is 6.48. The van der Waals surface area contributed by atoms with E-state index < -0.39 is 11.6 Å². The van der Waals surface area contributed by atoms with Crippen LogP contribution in [0.25, 0.3) is 11.3 Å². The number of rotatable bonds is 6. The zero-order valence-electron chi connectivity index (χ0n) is 20.5. The molecule has 0 spiro atoms. The molecule has 0 amide bonds. The van der Waals surface area contributed by atoms with Gasteiger partial charge in [0.25, 0.3) is 0 Å². The zero-order valence-corrected chi connectivity index (χ0v) is 20.5. The van der Waals surface area contributed by atoms with Crippen molar-refractivity contribution in [2.45, 2.75) is 19.4 Å². The topological polar surface area (TPSA) is 77.9 Å². The smallest absolute Gasteiger partial charge is 0.178 e. The van der Waals surface area contributed by atoms with Crippen molar-refractivity contribution in [1.29, 1.82) is 0 Å². The van der Waals surface area contributed by atoms with E-state index in [0.29, 0.717) is 31.1 Å². The third-order valence-electron chi connectivity index (χ3n) is 6.79. The summed E-state index contributed by atoms with van der Waals surface area (Å²) in [5.41, 5.74) is 2.60. The molecule has 1 atom stereocenters. The SMILES string of the molecule is CC(CO)N1CCOc2c(F)cc(-c3nc(Cc4ccc(N5CCN(C)CC5)cn4)ncc3F)cc21. The molecule has 10 heteroatoms. The Morgan fingerprint density at radius 2 is 1.83 bits per heavy atom. The van der Waals surface area contributed by atoms with Gasteiger partial charge in [0.2, 0.25) is 0 Å². The van der Waals surface area contributed by atoms with Gasteiger partial charge in [-0.2, -0.15) is 0 Å². The van der Waals surface area contributed by atoms with E-state index in [-0.39, 0.29) is 29.7 Å². The molecule has 1 unspecified atom stereocenters. The predicted octanol–water partition coefficient (Wildman–Crippen LogP) is 2.74. The number of likely N-dealkylation sites (N-methyl/N-ethyl adjacent to an activating group) is 1. The first-order chi connectivity index (χ1) is 17.4. The highest BCUT2D eigenvalue weighted by molar-refractivity contribution is 5.72. The normalized spacial score (nSPS) is 17.0. The second-order valence-electron chi connectivity index (χ2n) is 9.34. The Labute approximate surface area is 209 Å². The molecular weight excluding hydrogens is 466 g/mol. The maximum absolute atomic E-state index is 15.0. The molecule has 8 nitrogen and oxygen atoms in total. The second-order valence-corrected chi connectivity index (χ2v) is 9.34. The van der Waals surface area contributed by atoms with Gasteiger partial charge in [0.05, 0.1) is 43.3 Å². The van der Waals surface area contributed by atoms with Gasteiger partial charge in [0.1, 0.15) is 18.1 Å². The largest absolute Gasteiger partial charge is 0.486 e. The first-order valence-corrected chi connectivity index (χ1v) is 12.2. The zero-order chi connectivity index (χ0) is 25.2. The van der Waals surface area contributed by atoms with Crippen molar-refractivity contribution >= 4 is 11.4 Å². The molecule has 3 aromatic rings. The Morgan fingerprint density at radius 1 is 1.03 bits per heavy atom. The van der Waals surface area contributed by atoms with Gasteiger partial charge in [0, 0.05) is 43.5 Å². The molecule has 190 valence electrons. The molecular formula is C26H30F2N6O2. The van der Waals surface area contributed by atoms with Crippen LogP contribution in [0.4, 0.5) is 20.2 Å². The summed E-state index contributed by atoms with van der Waals surface area (Å²) < 4.78 is 35.3. The molecule has 2 aromatic heterocycles. The van der Waals surface area contributed by atoms with Crippen LogP contribution in [0, 0.1) is 11.6 Å². The van der Waals surface area contributed by atoms with Gasteiger partial charge in [-0.25, -0.2) is 18.7 Å². The number of ether oxygens (including phenoxy) is 1. The van der Waals surface area contributed by atoms with Gasteiger partial charge >= 0.3 is 0 Å². The van der Waals surface area contributed by atoms with Crippen molar-refractivity contribution in [3.8, 4) is 17.0 Å². The van der Waals surface area contributed by atoms with Crippen molar-refractivity contribution in [3.63, 3.8) is 0 Å². The van der Waals surface area contributed by atoms with Crippen LogP contribution in [-0.4, -0.2) is 84.0 Å². The third kappa shape index (κ3) is 4.96. The number of halogens is 2. The number of aliphatic hydroxyl groups excluding tert-OH is 1. The molecule has 1 N–H and O–H groups in total. The van der Waals surface area contributed by atoms with E-state index in [1.54, 1.807) is 6.07 Å². The maximum Gasteiger partial charge on any atom is 0.178 e. The van der Waals surface area contributed by atoms with Crippen LogP contribution in [-0.2, 0) is 6.42 Å². The lowest BCUT2D eigenvalue weighted by Gasteiger charge is -2.35. The Bertz CT molecular complexity index is 1220. The van der Waals surface area contributed by atoms with Crippen molar-refractivity contribution < 1.29 is 18.6 Å². The number of fused-ring (bicyclic) bond motifs is 1. The molecule has 0 aliphatic carbocycles. The molecule has 36 heavy (non-hydrogen) atoms. The molecule has 4 heterocycles. The molecule has 5 rings (SSSR count). The van der Waals surface area contributed by atoms with E-state index in [1.165, 1.54) is 6.07 Å². The number of hydrogen-bond donors (Lipinski definition) is 1. The molecule has 2 aliphatic heterocycles. The van der Waals surface area contributed by atoms with Crippen LogP contribution < -0.4 is 14.5 Å². The quantitative estimate of drug-likeness (QED) is 0.558. The average Bonchev–Trinajstić information content (AvgIpc) is 2.90. The fraction of sp³-hybridized carbons (Fsp3) is 0.423. The standard InChI is InChI=1S/C26H30F2N6O2/c1-17(16-35)34-9-10-36-26-21(27)11-18(12-23(26)34)25-22(28)15-30-24(31-25)13-19-3-4-20(14-29-19)33-7-5-32(2)6-8-33/h3-4,11-12,14-15,17,35H,5-10,13,16H2,1-2H3. The number of anilines is 2. The fourth-order valence-corrected chi connectivity index (χ4v) is 4.62. The van der Waals surface area contributed by atoms with E-state index >= 15 is 0 Å². The first-order valence-electron chi connectivity index (χ1n) is 12.2. The van der Waals surface area contributed by atoms with Crippen LogP contribution in [0.3, 0.4) is 0 Å². The number of aliphatic hydroxyl groups is 1. The van der Waals surface area contributed by atoms with Crippen molar-refractivity contribution in [3.05, 3.63) is 59.8 Å². The maximum atomic E-state index is 15.0. The molecule has 1 aromatic carbocycles. The number of benzene rings is 1. The number of nitrogens with zero attached hydrogens (tertiary/aromatic N) is 6. The third-order valence-corrected chi connectivity index (χ3v) is 6.79. The van der Waals surface area contributed by atoms with Gasteiger partial charge < -0.3 is 24.5 Å². The highest BCUT2D eigenvalue weighted by Gasteiger charge is 2.27. The van der Waals surface area contributed by atoms with Gasteiger partial charge in [-0.1, -0.05) is 0 Å². The van der Waals surface area contributed by atoms with Gasteiger partial charge in [-0.15, -0.1) is 0 Å². The second kappa shape index (κ2) is 10.3. The highest BCUT2D eigenvalue weighted by Crippen LogP contribution is 2.39. The summed E-state index contributed by atoms with van der Waals surface area (Å²) in [4.78, 5) is 19.6. The Hall–Kier alpha value is -3.37. The van der Waals surface area contributed by atoms with Crippen LogP contribution in [0.15, 0.2) is 36.7 Å². The Balaban J connectivity index is 1.39. The van der Waals surface area contributed by atoms with Crippen molar-refractivity contribution in [1.82, 2.24) is 19.9 Å². The van der Waals surface area contributed by atoms with E-state index in [9.17, 15) is 13.9 Å². The lowest BCUT2D eigenvalue weighted by molar-refractivity contribution is 0.243. The van der Waals surface area contributed by atoms with Crippen LogP contribution >= 0.6 is 0 Å². The van der Waals surface area contributed by atoms with Crippen LogP contribution in [0.5, 0.6) is 5.75 Å². The minimum atomic E-state index is -0.644. The van der Waals surface area contributed by atoms with Gasteiger partial charge in [0.15, 0.2) is 17.4 Å². The molecule has 0 radical (unpaired) electrons. The first kappa shape index (κ1) is 24.3.